The average molecular weight is 371 g/mol. The fourth-order valence-electron chi connectivity index (χ4n) is 3.42. The first-order valence-electron chi connectivity index (χ1n) is 7.51. The van der Waals surface area contributed by atoms with Crippen LogP contribution in [-0.4, -0.2) is 12.2 Å². The molecule has 0 aromatic heterocycles. The van der Waals surface area contributed by atoms with Gasteiger partial charge in [-0.15, -0.1) is 0 Å². The maximum atomic E-state index is 10.7. The molecule has 3 aromatic carbocycles. The fourth-order valence-corrected chi connectivity index (χ4v) is 3.87. The molecule has 0 unspecified atom stereocenters. The molecule has 23 heavy (non-hydrogen) atoms. The number of phenols is 1. The molecule has 0 saturated carbocycles. The molecule has 0 atom stereocenters. The normalized spacial score (nSPS) is 11.0. The van der Waals surface area contributed by atoms with Gasteiger partial charge in [-0.25, -0.2) is 0 Å². The smallest absolute Gasteiger partial charge is 0.138 e. The van der Waals surface area contributed by atoms with Crippen LogP contribution < -0.4 is 4.74 Å². The van der Waals surface area contributed by atoms with E-state index in [0.29, 0.717) is 4.47 Å². The van der Waals surface area contributed by atoms with Crippen LogP contribution in [0.15, 0.2) is 40.9 Å². The second-order valence-electron chi connectivity index (χ2n) is 5.85. The number of methoxy groups -OCH3 is 1. The minimum absolute atomic E-state index is 0.265. The van der Waals surface area contributed by atoms with Crippen molar-refractivity contribution in [2.75, 3.05) is 7.11 Å². The number of hydrogen-bond donors (Lipinski definition) is 1. The molecule has 1 N–H and O–H groups in total. The Labute approximate surface area is 144 Å². The predicted octanol–water partition coefficient (Wildman–Crippen LogP) is 5.91. The molecule has 0 fully saturated rings. The molecule has 0 spiro atoms. The van der Waals surface area contributed by atoms with E-state index in [-0.39, 0.29) is 5.75 Å². The Hall–Kier alpha value is -2.00. The van der Waals surface area contributed by atoms with Gasteiger partial charge in [-0.2, -0.15) is 0 Å². The minimum Gasteiger partial charge on any atom is -0.506 e. The SMILES string of the molecule is COc1c(C)cc(C)c(-c2c(O)c(Br)cc3ccccc23)c1C. The first-order valence-corrected chi connectivity index (χ1v) is 8.30. The summed E-state index contributed by atoms with van der Waals surface area (Å²) < 4.78 is 6.28. The molecule has 0 saturated heterocycles. The van der Waals surface area contributed by atoms with Crippen LogP contribution in [0.25, 0.3) is 21.9 Å². The second-order valence-corrected chi connectivity index (χ2v) is 6.70. The Morgan fingerprint density at radius 1 is 0.957 bits per heavy atom. The highest BCUT2D eigenvalue weighted by Gasteiger charge is 2.20. The second kappa shape index (κ2) is 5.89. The summed E-state index contributed by atoms with van der Waals surface area (Å²) in [5.41, 5.74) is 5.15. The summed E-state index contributed by atoms with van der Waals surface area (Å²) in [7, 11) is 1.69. The number of fused-ring (bicyclic) bond motifs is 1. The molecule has 0 bridgehead atoms. The van der Waals surface area contributed by atoms with Gasteiger partial charge >= 0.3 is 0 Å². The molecule has 0 heterocycles. The molecule has 0 radical (unpaired) electrons. The summed E-state index contributed by atoms with van der Waals surface area (Å²) in [6, 6.07) is 12.2. The monoisotopic (exact) mass is 370 g/mol. The Kier molecular flexibility index (Phi) is 4.07. The van der Waals surface area contributed by atoms with E-state index < -0.39 is 0 Å². The number of benzene rings is 3. The van der Waals surface area contributed by atoms with Crippen molar-refractivity contribution in [1.82, 2.24) is 0 Å². The van der Waals surface area contributed by atoms with Crippen molar-refractivity contribution in [3.05, 3.63) is 57.6 Å². The molecule has 0 aliphatic heterocycles. The lowest BCUT2D eigenvalue weighted by Gasteiger charge is -2.19. The molecule has 0 aliphatic rings. The van der Waals surface area contributed by atoms with Crippen LogP contribution in [0.1, 0.15) is 16.7 Å². The van der Waals surface area contributed by atoms with Gasteiger partial charge in [-0.3, -0.25) is 0 Å². The molecular weight excluding hydrogens is 352 g/mol. The van der Waals surface area contributed by atoms with Gasteiger partial charge in [0.2, 0.25) is 0 Å². The molecule has 118 valence electrons. The quantitative estimate of drug-likeness (QED) is 0.607. The van der Waals surface area contributed by atoms with Crippen LogP contribution in [-0.2, 0) is 0 Å². The van der Waals surface area contributed by atoms with Crippen LogP contribution in [0, 0.1) is 20.8 Å². The van der Waals surface area contributed by atoms with E-state index in [4.69, 9.17) is 4.74 Å². The van der Waals surface area contributed by atoms with E-state index in [1.807, 2.05) is 38.1 Å². The molecule has 3 heteroatoms. The van der Waals surface area contributed by atoms with Gasteiger partial charge in [-0.1, -0.05) is 30.3 Å². The number of hydrogen-bond acceptors (Lipinski definition) is 2. The van der Waals surface area contributed by atoms with Crippen molar-refractivity contribution in [1.29, 1.82) is 0 Å². The first kappa shape index (κ1) is 15.9. The Morgan fingerprint density at radius 3 is 2.35 bits per heavy atom. The number of aryl methyl sites for hydroxylation is 2. The van der Waals surface area contributed by atoms with Gasteiger partial charge < -0.3 is 9.84 Å². The van der Waals surface area contributed by atoms with E-state index >= 15 is 0 Å². The van der Waals surface area contributed by atoms with Crippen LogP contribution in [0.3, 0.4) is 0 Å². The summed E-state index contributed by atoms with van der Waals surface area (Å²) in [4.78, 5) is 0. The van der Waals surface area contributed by atoms with Crippen molar-refractivity contribution in [3.8, 4) is 22.6 Å². The average Bonchev–Trinajstić information content (AvgIpc) is 2.51. The Bertz CT molecular complexity index is 913. The summed E-state index contributed by atoms with van der Waals surface area (Å²) in [5.74, 6) is 1.13. The third kappa shape index (κ3) is 2.49. The number of rotatable bonds is 2. The number of phenolic OH excluding ortho intramolecular Hbond substituents is 1. The Morgan fingerprint density at radius 2 is 1.65 bits per heavy atom. The lowest BCUT2D eigenvalue weighted by Crippen LogP contribution is -1.98. The lowest BCUT2D eigenvalue weighted by molar-refractivity contribution is 0.408. The van der Waals surface area contributed by atoms with Crippen molar-refractivity contribution in [2.24, 2.45) is 0 Å². The largest absolute Gasteiger partial charge is 0.506 e. The molecule has 0 amide bonds. The highest BCUT2D eigenvalue weighted by molar-refractivity contribution is 9.10. The standard InChI is InChI=1S/C20H19BrO2/c1-11-9-12(2)20(23-4)13(3)17(11)18-15-8-6-5-7-14(15)10-16(21)19(18)22/h5-10,22H,1-4H3. The fraction of sp³-hybridized carbons (Fsp3) is 0.200. The van der Waals surface area contributed by atoms with Gasteiger partial charge in [0, 0.05) is 5.56 Å². The summed E-state index contributed by atoms with van der Waals surface area (Å²) in [5, 5.41) is 12.9. The first-order chi connectivity index (χ1) is 11.0. The van der Waals surface area contributed by atoms with Gasteiger partial charge in [0.05, 0.1) is 11.6 Å². The molecule has 3 aromatic rings. The Balaban J connectivity index is 2.49. The van der Waals surface area contributed by atoms with Gasteiger partial charge in [0.1, 0.15) is 11.5 Å². The van der Waals surface area contributed by atoms with Crippen molar-refractivity contribution in [3.63, 3.8) is 0 Å². The number of aromatic hydroxyl groups is 1. The van der Waals surface area contributed by atoms with Crippen molar-refractivity contribution in [2.45, 2.75) is 20.8 Å². The van der Waals surface area contributed by atoms with Crippen LogP contribution in [0.5, 0.6) is 11.5 Å². The molecule has 2 nitrogen and oxygen atoms in total. The number of halogens is 1. The summed E-state index contributed by atoms with van der Waals surface area (Å²) in [6.45, 7) is 6.16. The zero-order chi connectivity index (χ0) is 16.7. The van der Waals surface area contributed by atoms with E-state index in [2.05, 4.69) is 35.0 Å². The van der Waals surface area contributed by atoms with Gasteiger partial charge in [0.15, 0.2) is 0 Å². The third-order valence-corrected chi connectivity index (χ3v) is 4.94. The van der Waals surface area contributed by atoms with Gasteiger partial charge in [0.25, 0.3) is 0 Å². The van der Waals surface area contributed by atoms with E-state index in [0.717, 1.165) is 44.3 Å². The zero-order valence-corrected chi connectivity index (χ0v) is 15.3. The molecule has 0 aliphatic carbocycles. The highest BCUT2D eigenvalue weighted by Crippen LogP contribution is 2.46. The van der Waals surface area contributed by atoms with E-state index in [1.54, 1.807) is 7.11 Å². The summed E-state index contributed by atoms with van der Waals surface area (Å²) in [6.07, 6.45) is 0. The number of ether oxygens (including phenoxy) is 1. The van der Waals surface area contributed by atoms with Crippen LogP contribution in [0.2, 0.25) is 0 Å². The minimum atomic E-state index is 0.265. The van der Waals surface area contributed by atoms with E-state index in [9.17, 15) is 5.11 Å². The zero-order valence-electron chi connectivity index (χ0n) is 13.7. The van der Waals surface area contributed by atoms with Crippen molar-refractivity contribution >= 4 is 26.7 Å². The summed E-state index contributed by atoms with van der Waals surface area (Å²) >= 11 is 3.48. The predicted molar refractivity (Wildman–Crippen MR) is 99.5 cm³/mol. The van der Waals surface area contributed by atoms with Crippen molar-refractivity contribution < 1.29 is 9.84 Å². The van der Waals surface area contributed by atoms with Crippen LogP contribution >= 0.6 is 15.9 Å². The molecular formula is C20H19BrO2. The highest BCUT2D eigenvalue weighted by atomic mass is 79.9. The van der Waals surface area contributed by atoms with Gasteiger partial charge in [-0.05, 0) is 75.8 Å². The third-order valence-electron chi connectivity index (χ3n) is 4.33. The maximum Gasteiger partial charge on any atom is 0.138 e. The topological polar surface area (TPSA) is 29.5 Å². The molecule has 3 rings (SSSR count). The lowest BCUT2D eigenvalue weighted by atomic mass is 9.89. The van der Waals surface area contributed by atoms with E-state index in [1.165, 1.54) is 0 Å². The maximum absolute atomic E-state index is 10.7. The van der Waals surface area contributed by atoms with Crippen LogP contribution in [0.4, 0.5) is 0 Å².